The van der Waals surface area contributed by atoms with E-state index >= 15 is 0 Å². The summed E-state index contributed by atoms with van der Waals surface area (Å²) < 4.78 is 12.0. The first-order chi connectivity index (χ1) is 20.4. The van der Waals surface area contributed by atoms with Crippen molar-refractivity contribution in [3.63, 3.8) is 0 Å². The first kappa shape index (κ1) is 27.0. The summed E-state index contributed by atoms with van der Waals surface area (Å²) >= 11 is 0. The Hall–Kier alpha value is -3.82. The van der Waals surface area contributed by atoms with Gasteiger partial charge in [-0.05, 0) is 73.2 Å². The summed E-state index contributed by atoms with van der Waals surface area (Å²) in [5.41, 5.74) is 4.89. The second kappa shape index (κ2) is 11.1. The maximum Gasteiger partial charge on any atom is 0.255 e. The molecule has 1 aromatic heterocycles. The number of hydrogen-bond acceptors (Lipinski definition) is 7. The summed E-state index contributed by atoms with van der Waals surface area (Å²) in [4.78, 5) is 45.8. The molecule has 1 saturated carbocycles. The topological polar surface area (TPSA) is 101 Å². The Morgan fingerprint density at radius 1 is 1.00 bits per heavy atom. The Bertz CT molecular complexity index is 1560. The maximum absolute atomic E-state index is 13.0. The van der Waals surface area contributed by atoms with Crippen molar-refractivity contribution in [1.29, 1.82) is 0 Å². The van der Waals surface area contributed by atoms with Crippen LogP contribution in [0, 0.1) is 0 Å². The summed E-state index contributed by atoms with van der Waals surface area (Å²) in [5, 5.41) is 3.51. The molecule has 3 fully saturated rings. The van der Waals surface area contributed by atoms with Gasteiger partial charge in [-0.2, -0.15) is 0 Å². The van der Waals surface area contributed by atoms with Gasteiger partial charge < -0.3 is 14.4 Å². The van der Waals surface area contributed by atoms with E-state index in [1.807, 2.05) is 12.1 Å². The number of carbonyl (C=O) groups is 3. The molecule has 3 amide bonds. The number of pyridine rings is 1. The van der Waals surface area contributed by atoms with Crippen molar-refractivity contribution in [2.24, 2.45) is 0 Å². The molecular formula is C33H36N4O5. The van der Waals surface area contributed by atoms with E-state index in [-0.39, 0.29) is 30.4 Å². The third kappa shape index (κ3) is 5.16. The number of aromatic nitrogens is 1. The predicted octanol–water partition coefficient (Wildman–Crippen LogP) is 3.93. The number of piperidine rings is 1. The Balaban J connectivity index is 0.962. The van der Waals surface area contributed by atoms with Gasteiger partial charge in [0.1, 0.15) is 17.9 Å². The van der Waals surface area contributed by atoms with Gasteiger partial charge in [0, 0.05) is 62.3 Å². The van der Waals surface area contributed by atoms with Crippen LogP contribution in [0.5, 0.6) is 5.75 Å². The van der Waals surface area contributed by atoms with Crippen LogP contribution >= 0.6 is 0 Å². The van der Waals surface area contributed by atoms with Crippen LogP contribution in [0.4, 0.5) is 0 Å². The molecule has 218 valence electrons. The molecule has 0 spiro atoms. The number of imide groups is 1. The zero-order valence-electron chi connectivity index (χ0n) is 23.9. The van der Waals surface area contributed by atoms with Gasteiger partial charge >= 0.3 is 0 Å². The number of benzene rings is 2. The second-order valence-electron chi connectivity index (χ2n) is 12.1. The van der Waals surface area contributed by atoms with E-state index in [0.29, 0.717) is 24.4 Å². The molecule has 0 bridgehead atoms. The van der Waals surface area contributed by atoms with Crippen LogP contribution in [0.15, 0.2) is 48.5 Å². The van der Waals surface area contributed by atoms with Crippen LogP contribution in [0.3, 0.4) is 0 Å². The van der Waals surface area contributed by atoms with Gasteiger partial charge in [0.2, 0.25) is 11.8 Å². The lowest BCUT2D eigenvalue weighted by Crippen LogP contribution is -2.52. The van der Waals surface area contributed by atoms with Crippen molar-refractivity contribution < 1.29 is 23.9 Å². The van der Waals surface area contributed by atoms with Crippen LogP contribution in [0.25, 0.3) is 10.9 Å². The molecule has 4 atom stereocenters. The molecule has 2 unspecified atom stereocenters. The molecule has 9 heteroatoms. The SMILES string of the molecule is CO[C@H]1CCC[C@@H]1c1ccc2cc(CN3CCC(Oc4ccc5c(c4)CN(C4CCC(=O)NC4=O)C5=O)C3)ccc2n1. The van der Waals surface area contributed by atoms with Crippen LogP contribution in [-0.2, 0) is 27.4 Å². The Kier molecular flexibility index (Phi) is 7.15. The number of carbonyl (C=O) groups excluding carboxylic acids is 3. The van der Waals surface area contributed by atoms with Crippen LogP contribution in [0.1, 0.15) is 71.6 Å². The monoisotopic (exact) mass is 568 g/mol. The molecule has 1 aliphatic carbocycles. The summed E-state index contributed by atoms with van der Waals surface area (Å²) in [7, 11) is 1.80. The van der Waals surface area contributed by atoms with Crippen molar-refractivity contribution in [1.82, 2.24) is 20.1 Å². The first-order valence-electron chi connectivity index (χ1n) is 15.0. The zero-order valence-corrected chi connectivity index (χ0v) is 23.9. The van der Waals surface area contributed by atoms with E-state index in [0.717, 1.165) is 66.8 Å². The van der Waals surface area contributed by atoms with Crippen LogP contribution in [-0.4, -0.2) is 71.0 Å². The van der Waals surface area contributed by atoms with E-state index in [2.05, 4.69) is 40.5 Å². The second-order valence-corrected chi connectivity index (χ2v) is 12.1. The highest BCUT2D eigenvalue weighted by atomic mass is 16.5. The summed E-state index contributed by atoms with van der Waals surface area (Å²) in [6.45, 7) is 2.98. The number of hydrogen-bond donors (Lipinski definition) is 1. The van der Waals surface area contributed by atoms with Crippen molar-refractivity contribution in [3.8, 4) is 5.75 Å². The van der Waals surface area contributed by atoms with Crippen molar-refractivity contribution in [3.05, 3.63) is 70.9 Å². The van der Waals surface area contributed by atoms with Gasteiger partial charge in [0.05, 0.1) is 11.6 Å². The van der Waals surface area contributed by atoms with Crippen LogP contribution in [0.2, 0.25) is 0 Å². The van der Waals surface area contributed by atoms with E-state index in [9.17, 15) is 14.4 Å². The lowest BCUT2D eigenvalue weighted by atomic mass is 9.99. The maximum atomic E-state index is 13.0. The largest absolute Gasteiger partial charge is 0.489 e. The van der Waals surface area contributed by atoms with Gasteiger partial charge in [-0.25, -0.2) is 0 Å². The molecule has 2 saturated heterocycles. The van der Waals surface area contributed by atoms with E-state index in [1.54, 1.807) is 18.1 Å². The quantitative estimate of drug-likeness (QED) is 0.431. The van der Waals surface area contributed by atoms with Gasteiger partial charge in [-0.3, -0.25) is 29.6 Å². The molecule has 4 aliphatic rings. The van der Waals surface area contributed by atoms with E-state index in [1.165, 1.54) is 12.0 Å². The molecule has 2 aromatic carbocycles. The lowest BCUT2D eigenvalue weighted by molar-refractivity contribution is -0.136. The lowest BCUT2D eigenvalue weighted by Gasteiger charge is -2.29. The van der Waals surface area contributed by atoms with Crippen LogP contribution < -0.4 is 10.1 Å². The Labute approximate surface area is 245 Å². The van der Waals surface area contributed by atoms with Crippen molar-refractivity contribution in [2.45, 2.75) is 75.8 Å². The standard InChI is InChI=1S/C33H36N4O5/c1-41-30-4-2-3-26(30)28-10-6-21-15-20(5-9-27(21)34-28)17-36-14-13-24(19-36)42-23-7-8-25-22(16-23)18-37(33(25)40)29-11-12-31(38)35-32(29)39/h5-10,15-16,24,26,29-30H,2-4,11-14,17-19H2,1H3,(H,35,38,39)/t24?,26-,29?,30+/m1/s1. The molecular weight excluding hydrogens is 532 g/mol. The molecule has 1 N–H and O–H groups in total. The van der Waals surface area contributed by atoms with Gasteiger partial charge in [0.15, 0.2) is 0 Å². The molecule has 7 rings (SSSR count). The third-order valence-corrected chi connectivity index (χ3v) is 9.34. The fourth-order valence-electron chi connectivity index (χ4n) is 7.15. The Morgan fingerprint density at radius 2 is 1.90 bits per heavy atom. The highest BCUT2D eigenvalue weighted by Gasteiger charge is 2.39. The first-order valence-corrected chi connectivity index (χ1v) is 15.0. The normalized spacial score (nSPS) is 26.2. The smallest absolute Gasteiger partial charge is 0.255 e. The molecule has 42 heavy (non-hydrogen) atoms. The number of nitrogens with one attached hydrogen (secondary N) is 1. The summed E-state index contributed by atoms with van der Waals surface area (Å²) in [6, 6.07) is 15.9. The van der Waals surface area contributed by atoms with Gasteiger partial charge in [-0.1, -0.05) is 18.6 Å². The third-order valence-electron chi connectivity index (χ3n) is 9.34. The number of nitrogens with zero attached hydrogens (tertiary/aromatic N) is 3. The molecule has 3 aromatic rings. The van der Waals surface area contributed by atoms with Gasteiger partial charge in [0.25, 0.3) is 5.91 Å². The van der Waals surface area contributed by atoms with Crippen molar-refractivity contribution >= 4 is 28.6 Å². The minimum Gasteiger partial charge on any atom is -0.489 e. The summed E-state index contributed by atoms with van der Waals surface area (Å²) in [6.07, 6.45) is 5.30. The summed E-state index contributed by atoms with van der Waals surface area (Å²) in [5.74, 6) is 0.276. The number of amides is 3. The zero-order chi connectivity index (χ0) is 28.8. The highest BCUT2D eigenvalue weighted by Crippen LogP contribution is 2.36. The fourth-order valence-corrected chi connectivity index (χ4v) is 7.15. The highest BCUT2D eigenvalue weighted by molar-refractivity contribution is 6.05. The fraction of sp³-hybridized carbons (Fsp3) is 0.455. The molecule has 3 aliphatic heterocycles. The minimum atomic E-state index is -0.612. The number of rotatable bonds is 7. The number of fused-ring (bicyclic) bond motifs is 2. The van der Waals surface area contributed by atoms with E-state index < -0.39 is 11.9 Å². The minimum absolute atomic E-state index is 0.0659. The molecule has 9 nitrogen and oxygen atoms in total. The average Bonchev–Trinajstić information content (AvgIpc) is 3.72. The average molecular weight is 569 g/mol. The molecule has 0 radical (unpaired) electrons. The number of likely N-dealkylation sites (tertiary alicyclic amines) is 1. The number of methoxy groups -OCH3 is 1. The van der Waals surface area contributed by atoms with Gasteiger partial charge in [-0.15, -0.1) is 0 Å². The predicted molar refractivity (Wildman–Crippen MR) is 156 cm³/mol. The van der Waals surface area contributed by atoms with E-state index in [4.69, 9.17) is 14.5 Å². The van der Waals surface area contributed by atoms with Crippen molar-refractivity contribution in [2.75, 3.05) is 20.2 Å². The molecule has 4 heterocycles. The Morgan fingerprint density at radius 3 is 2.76 bits per heavy atom. The number of ether oxygens (including phenoxy) is 2.